The third kappa shape index (κ3) is 7.42. The standard InChI is InChI=1S/C33H32Cl2N4O3/c1-23-19-24(22-36-37-33(41)26-7-12-31(40)30(35)21-26)20-29(25-5-3-2-4-6-25)32(23)42-18-17-38-13-15-39(16-14-38)28-10-8-27(34)9-11-28/h2-12,19-22,40H,13-18H2,1H3,(H,37,41)/b36-22+. The average Bonchev–Trinajstić information content (AvgIpc) is 3.00. The van der Waals surface area contributed by atoms with Crippen molar-refractivity contribution >= 4 is 41.0 Å². The Morgan fingerprint density at radius 3 is 2.43 bits per heavy atom. The number of nitrogens with one attached hydrogen (secondary N) is 1. The van der Waals surface area contributed by atoms with Crippen LogP contribution in [0.2, 0.25) is 10.0 Å². The van der Waals surface area contributed by atoms with Crippen LogP contribution in [-0.4, -0.2) is 61.5 Å². The van der Waals surface area contributed by atoms with E-state index >= 15 is 0 Å². The largest absolute Gasteiger partial charge is 0.506 e. The zero-order valence-corrected chi connectivity index (χ0v) is 24.8. The summed E-state index contributed by atoms with van der Waals surface area (Å²) in [5.74, 6) is 0.322. The molecule has 1 saturated heterocycles. The summed E-state index contributed by atoms with van der Waals surface area (Å²) < 4.78 is 6.41. The van der Waals surface area contributed by atoms with E-state index in [1.165, 1.54) is 23.9 Å². The van der Waals surface area contributed by atoms with Crippen LogP contribution in [0.3, 0.4) is 0 Å². The number of anilines is 1. The SMILES string of the molecule is Cc1cc(/C=N/NC(=O)c2ccc(O)c(Cl)c2)cc(-c2ccccc2)c1OCCN1CCN(c2ccc(Cl)cc2)CC1. The minimum Gasteiger partial charge on any atom is -0.506 e. The highest BCUT2D eigenvalue weighted by atomic mass is 35.5. The average molecular weight is 604 g/mol. The van der Waals surface area contributed by atoms with Gasteiger partial charge in [0.05, 0.1) is 11.2 Å². The minimum atomic E-state index is -0.429. The van der Waals surface area contributed by atoms with Crippen molar-refractivity contribution in [3.63, 3.8) is 0 Å². The molecule has 0 aliphatic carbocycles. The highest BCUT2D eigenvalue weighted by molar-refractivity contribution is 6.32. The van der Waals surface area contributed by atoms with Gasteiger partial charge in [-0.2, -0.15) is 5.10 Å². The molecule has 0 atom stereocenters. The molecule has 0 aromatic heterocycles. The summed E-state index contributed by atoms with van der Waals surface area (Å²) in [4.78, 5) is 17.3. The van der Waals surface area contributed by atoms with Crippen LogP contribution in [0.15, 0.2) is 90.0 Å². The predicted octanol–water partition coefficient (Wildman–Crippen LogP) is 6.64. The van der Waals surface area contributed by atoms with Crippen LogP contribution in [0.5, 0.6) is 11.5 Å². The Hall–Kier alpha value is -4.04. The number of rotatable bonds is 9. The van der Waals surface area contributed by atoms with Gasteiger partial charge in [-0.05, 0) is 78.2 Å². The smallest absolute Gasteiger partial charge is 0.271 e. The summed E-state index contributed by atoms with van der Waals surface area (Å²) >= 11 is 12.0. The summed E-state index contributed by atoms with van der Waals surface area (Å²) in [5, 5.41) is 14.6. The summed E-state index contributed by atoms with van der Waals surface area (Å²) in [6.45, 7) is 7.27. The minimum absolute atomic E-state index is 0.0836. The number of carbonyl (C=O) groups is 1. The number of phenolic OH excluding ortho intramolecular Hbond substituents is 1. The third-order valence-electron chi connectivity index (χ3n) is 7.19. The maximum Gasteiger partial charge on any atom is 0.271 e. The maximum atomic E-state index is 12.5. The van der Waals surface area contributed by atoms with Crippen molar-refractivity contribution in [2.75, 3.05) is 44.2 Å². The van der Waals surface area contributed by atoms with Crippen LogP contribution >= 0.6 is 23.2 Å². The summed E-state index contributed by atoms with van der Waals surface area (Å²) in [6.07, 6.45) is 1.60. The maximum absolute atomic E-state index is 12.5. The second kappa shape index (κ2) is 13.7. The molecular formula is C33H32Cl2N4O3. The quantitative estimate of drug-likeness (QED) is 0.166. The first-order chi connectivity index (χ1) is 20.4. The lowest BCUT2D eigenvalue weighted by molar-refractivity contribution is 0.0955. The molecular weight excluding hydrogens is 571 g/mol. The Morgan fingerprint density at radius 1 is 0.976 bits per heavy atom. The van der Waals surface area contributed by atoms with E-state index in [0.29, 0.717) is 12.2 Å². The highest BCUT2D eigenvalue weighted by Crippen LogP contribution is 2.34. The van der Waals surface area contributed by atoms with Gasteiger partial charge < -0.3 is 14.7 Å². The molecule has 1 heterocycles. The number of aryl methyl sites for hydroxylation is 1. The van der Waals surface area contributed by atoms with Gasteiger partial charge in [0.15, 0.2) is 0 Å². The molecule has 0 saturated carbocycles. The van der Waals surface area contributed by atoms with Gasteiger partial charge >= 0.3 is 0 Å². The van der Waals surface area contributed by atoms with Gasteiger partial charge in [0.2, 0.25) is 0 Å². The Bertz CT molecular complexity index is 1550. The molecule has 4 aromatic rings. The Morgan fingerprint density at radius 2 is 1.71 bits per heavy atom. The van der Waals surface area contributed by atoms with Gasteiger partial charge in [0, 0.05) is 54.6 Å². The fourth-order valence-corrected chi connectivity index (χ4v) is 5.24. The van der Waals surface area contributed by atoms with Gasteiger partial charge in [-0.15, -0.1) is 0 Å². The fourth-order valence-electron chi connectivity index (χ4n) is 4.94. The number of amides is 1. The van der Waals surface area contributed by atoms with Crippen LogP contribution in [0.25, 0.3) is 11.1 Å². The molecule has 1 fully saturated rings. The number of carbonyl (C=O) groups excluding carboxylic acids is 1. The van der Waals surface area contributed by atoms with Gasteiger partial charge in [0.25, 0.3) is 5.91 Å². The van der Waals surface area contributed by atoms with Gasteiger partial charge in [-0.1, -0.05) is 53.5 Å². The van der Waals surface area contributed by atoms with Crippen molar-refractivity contribution < 1.29 is 14.6 Å². The Kier molecular flexibility index (Phi) is 9.64. The summed E-state index contributed by atoms with van der Waals surface area (Å²) in [7, 11) is 0. The molecule has 0 bridgehead atoms. The van der Waals surface area contributed by atoms with Gasteiger partial charge in [0.1, 0.15) is 18.1 Å². The van der Waals surface area contributed by atoms with Crippen LogP contribution in [0, 0.1) is 6.92 Å². The number of hydrazone groups is 1. The Labute approximate surface area is 255 Å². The van der Waals surface area contributed by atoms with Gasteiger partial charge in [-0.3, -0.25) is 9.69 Å². The van der Waals surface area contributed by atoms with Crippen molar-refractivity contribution in [1.29, 1.82) is 0 Å². The molecule has 1 aliphatic rings. The normalized spacial score (nSPS) is 13.8. The molecule has 0 unspecified atom stereocenters. The number of aromatic hydroxyl groups is 1. The molecule has 4 aromatic carbocycles. The van der Waals surface area contributed by atoms with Crippen LogP contribution < -0.4 is 15.1 Å². The number of phenols is 1. The van der Waals surface area contributed by atoms with Crippen molar-refractivity contribution in [3.05, 3.63) is 112 Å². The molecule has 0 radical (unpaired) electrons. The molecule has 1 amide bonds. The zero-order valence-electron chi connectivity index (χ0n) is 23.3. The van der Waals surface area contributed by atoms with Crippen LogP contribution in [0.1, 0.15) is 21.5 Å². The van der Waals surface area contributed by atoms with E-state index in [1.54, 1.807) is 6.21 Å². The van der Waals surface area contributed by atoms with Crippen LogP contribution in [-0.2, 0) is 0 Å². The van der Waals surface area contributed by atoms with Crippen molar-refractivity contribution in [3.8, 4) is 22.6 Å². The second-order valence-corrected chi connectivity index (χ2v) is 10.9. The van der Waals surface area contributed by atoms with E-state index in [1.807, 2.05) is 49.4 Å². The second-order valence-electron chi connectivity index (χ2n) is 10.1. The lowest BCUT2D eigenvalue weighted by atomic mass is 9.99. The van der Waals surface area contributed by atoms with Crippen LogP contribution in [0.4, 0.5) is 5.69 Å². The molecule has 42 heavy (non-hydrogen) atoms. The molecule has 0 spiro atoms. The molecule has 1 aliphatic heterocycles. The number of ether oxygens (including phenoxy) is 1. The monoisotopic (exact) mass is 602 g/mol. The van der Waals surface area contributed by atoms with Crippen molar-refractivity contribution in [1.82, 2.24) is 10.3 Å². The number of nitrogens with zero attached hydrogens (tertiary/aromatic N) is 3. The number of hydrogen-bond donors (Lipinski definition) is 2. The number of piperazine rings is 1. The molecule has 7 nitrogen and oxygen atoms in total. The summed E-state index contributed by atoms with van der Waals surface area (Å²) in [5.41, 5.74) is 7.80. The lowest BCUT2D eigenvalue weighted by Gasteiger charge is -2.36. The van der Waals surface area contributed by atoms with Crippen molar-refractivity contribution in [2.45, 2.75) is 6.92 Å². The third-order valence-corrected chi connectivity index (χ3v) is 7.74. The van der Waals surface area contributed by atoms with E-state index in [0.717, 1.165) is 65.7 Å². The number of hydrogen-bond acceptors (Lipinski definition) is 6. The van der Waals surface area contributed by atoms with Gasteiger partial charge in [-0.25, -0.2) is 5.43 Å². The van der Waals surface area contributed by atoms with E-state index in [-0.39, 0.29) is 10.8 Å². The van der Waals surface area contributed by atoms with Crippen molar-refractivity contribution in [2.24, 2.45) is 5.10 Å². The number of benzene rings is 4. The van der Waals surface area contributed by atoms with E-state index < -0.39 is 5.91 Å². The molecule has 216 valence electrons. The molecule has 9 heteroatoms. The Balaban J connectivity index is 1.23. The van der Waals surface area contributed by atoms with E-state index in [2.05, 4.69) is 44.6 Å². The first-order valence-electron chi connectivity index (χ1n) is 13.7. The topological polar surface area (TPSA) is 77.4 Å². The highest BCUT2D eigenvalue weighted by Gasteiger charge is 2.18. The first-order valence-corrected chi connectivity index (χ1v) is 14.5. The number of halogens is 2. The molecule has 2 N–H and O–H groups in total. The summed E-state index contributed by atoms with van der Waals surface area (Å²) in [6, 6.07) is 26.3. The van der Waals surface area contributed by atoms with E-state index in [9.17, 15) is 9.90 Å². The fraction of sp³-hybridized carbons (Fsp3) is 0.212. The molecule has 5 rings (SSSR count). The predicted molar refractivity (Wildman–Crippen MR) is 170 cm³/mol. The lowest BCUT2D eigenvalue weighted by Crippen LogP contribution is -2.47. The first kappa shape index (κ1) is 29.5. The van der Waals surface area contributed by atoms with E-state index in [4.69, 9.17) is 27.9 Å². The zero-order chi connectivity index (χ0) is 29.5.